The molecule has 0 bridgehead atoms. The van der Waals surface area contributed by atoms with Crippen LogP contribution in [0.15, 0.2) is 42.7 Å². The minimum absolute atomic E-state index is 0.381. The summed E-state index contributed by atoms with van der Waals surface area (Å²) >= 11 is 0. The summed E-state index contributed by atoms with van der Waals surface area (Å²) in [5, 5.41) is 0. The summed E-state index contributed by atoms with van der Waals surface area (Å²) in [6, 6.07) is 13.8. The van der Waals surface area contributed by atoms with Crippen molar-refractivity contribution in [1.82, 2.24) is 9.97 Å². The second-order valence-electron chi connectivity index (χ2n) is 7.19. The van der Waals surface area contributed by atoms with Gasteiger partial charge in [-0.1, -0.05) is 37.3 Å². The number of nitrogens with zero attached hydrogens (tertiary/aromatic N) is 4. The normalized spacial score (nSPS) is 17.8. The number of hydrogen-bond acceptors (Lipinski definition) is 4. The van der Waals surface area contributed by atoms with Crippen molar-refractivity contribution >= 4 is 11.6 Å². The second kappa shape index (κ2) is 8.32. The van der Waals surface area contributed by atoms with Gasteiger partial charge in [0.15, 0.2) is 0 Å². The van der Waals surface area contributed by atoms with Crippen LogP contribution in [-0.4, -0.2) is 28.6 Å². The summed E-state index contributed by atoms with van der Waals surface area (Å²) in [4.78, 5) is 14.0. The largest absolute Gasteiger partial charge is 0.353 e. The highest BCUT2D eigenvalue weighted by atomic mass is 15.3. The van der Waals surface area contributed by atoms with Crippen molar-refractivity contribution in [2.75, 3.05) is 16.3 Å². The van der Waals surface area contributed by atoms with E-state index in [1.54, 1.807) is 6.33 Å². The van der Waals surface area contributed by atoms with Crippen LogP contribution in [0.3, 0.4) is 0 Å². The minimum atomic E-state index is 0.381. The zero-order chi connectivity index (χ0) is 17.6. The summed E-state index contributed by atoms with van der Waals surface area (Å²) in [5.74, 6) is 2.10. The maximum atomic E-state index is 4.60. The fourth-order valence-electron chi connectivity index (χ4n) is 3.69. The van der Waals surface area contributed by atoms with E-state index >= 15 is 0 Å². The van der Waals surface area contributed by atoms with Gasteiger partial charge in [0.2, 0.25) is 0 Å². The molecule has 0 radical (unpaired) electrons. The SMILES string of the molecule is CCC1CCCCN1c1cc(N(Cc2ccccc2)C(C)C)ncn1. The van der Waals surface area contributed by atoms with E-state index in [9.17, 15) is 0 Å². The van der Waals surface area contributed by atoms with E-state index in [1.165, 1.54) is 31.2 Å². The Kier molecular flexibility index (Phi) is 5.90. The first-order valence-corrected chi connectivity index (χ1v) is 9.58. The van der Waals surface area contributed by atoms with Gasteiger partial charge in [-0.25, -0.2) is 9.97 Å². The average Bonchev–Trinajstić information content (AvgIpc) is 2.66. The number of hydrogen-bond donors (Lipinski definition) is 0. The van der Waals surface area contributed by atoms with Gasteiger partial charge in [0.1, 0.15) is 18.0 Å². The summed E-state index contributed by atoms with van der Waals surface area (Å²) in [6.45, 7) is 8.70. The number of rotatable bonds is 6. The molecule has 3 rings (SSSR count). The predicted octanol–water partition coefficient (Wildman–Crippen LogP) is 4.66. The average molecular weight is 338 g/mol. The number of benzene rings is 1. The Morgan fingerprint density at radius 2 is 1.96 bits per heavy atom. The van der Waals surface area contributed by atoms with Crippen molar-refractivity contribution in [2.24, 2.45) is 0 Å². The Hall–Kier alpha value is -2.10. The van der Waals surface area contributed by atoms with Crippen LogP contribution in [0.5, 0.6) is 0 Å². The third-order valence-electron chi connectivity index (χ3n) is 5.14. The van der Waals surface area contributed by atoms with Crippen LogP contribution >= 0.6 is 0 Å². The third-order valence-corrected chi connectivity index (χ3v) is 5.14. The quantitative estimate of drug-likeness (QED) is 0.767. The summed E-state index contributed by atoms with van der Waals surface area (Å²) in [5.41, 5.74) is 1.31. The molecule has 0 saturated carbocycles. The zero-order valence-electron chi connectivity index (χ0n) is 15.7. The Morgan fingerprint density at radius 3 is 2.68 bits per heavy atom. The van der Waals surface area contributed by atoms with Crippen LogP contribution in [0.2, 0.25) is 0 Å². The van der Waals surface area contributed by atoms with Crippen LogP contribution in [-0.2, 0) is 6.54 Å². The molecule has 1 fully saturated rings. The molecule has 0 N–H and O–H groups in total. The predicted molar refractivity (Wildman–Crippen MR) is 105 cm³/mol. The molecule has 1 unspecified atom stereocenters. The van der Waals surface area contributed by atoms with Gasteiger partial charge in [-0.3, -0.25) is 0 Å². The molecular formula is C21H30N4. The van der Waals surface area contributed by atoms with Gasteiger partial charge < -0.3 is 9.80 Å². The van der Waals surface area contributed by atoms with E-state index < -0.39 is 0 Å². The lowest BCUT2D eigenvalue weighted by molar-refractivity contribution is 0.446. The van der Waals surface area contributed by atoms with Crippen molar-refractivity contribution in [3.63, 3.8) is 0 Å². The number of aromatic nitrogens is 2. The van der Waals surface area contributed by atoms with Crippen LogP contribution in [0.1, 0.15) is 52.0 Å². The Balaban J connectivity index is 1.85. The summed E-state index contributed by atoms with van der Waals surface area (Å²) in [6.07, 6.45) is 6.77. The monoisotopic (exact) mass is 338 g/mol. The molecule has 1 aromatic heterocycles. The van der Waals surface area contributed by atoms with Gasteiger partial charge in [0, 0.05) is 31.2 Å². The molecule has 4 nitrogen and oxygen atoms in total. The maximum Gasteiger partial charge on any atom is 0.134 e. The molecule has 0 amide bonds. The Labute approximate surface area is 151 Å². The molecule has 134 valence electrons. The molecule has 1 atom stereocenters. The molecule has 0 spiro atoms. The van der Waals surface area contributed by atoms with E-state index in [0.29, 0.717) is 12.1 Å². The van der Waals surface area contributed by atoms with Crippen molar-refractivity contribution in [3.8, 4) is 0 Å². The van der Waals surface area contributed by atoms with Crippen LogP contribution in [0.4, 0.5) is 11.6 Å². The first-order valence-electron chi connectivity index (χ1n) is 9.58. The smallest absolute Gasteiger partial charge is 0.134 e. The maximum absolute atomic E-state index is 4.60. The lowest BCUT2D eigenvalue weighted by Gasteiger charge is -2.37. The molecule has 1 aliphatic rings. The highest BCUT2D eigenvalue weighted by Gasteiger charge is 2.23. The van der Waals surface area contributed by atoms with Crippen LogP contribution in [0, 0.1) is 0 Å². The van der Waals surface area contributed by atoms with Crippen molar-refractivity contribution in [2.45, 2.75) is 65.1 Å². The van der Waals surface area contributed by atoms with E-state index in [-0.39, 0.29) is 0 Å². The van der Waals surface area contributed by atoms with Gasteiger partial charge in [-0.15, -0.1) is 0 Å². The van der Waals surface area contributed by atoms with Crippen molar-refractivity contribution in [3.05, 3.63) is 48.3 Å². The Morgan fingerprint density at radius 1 is 1.16 bits per heavy atom. The van der Waals surface area contributed by atoms with E-state index in [0.717, 1.165) is 24.7 Å². The Bertz CT molecular complexity index is 656. The fraction of sp³-hybridized carbons (Fsp3) is 0.524. The van der Waals surface area contributed by atoms with Gasteiger partial charge >= 0.3 is 0 Å². The molecule has 0 aliphatic carbocycles. The van der Waals surface area contributed by atoms with Gasteiger partial charge in [0.05, 0.1) is 0 Å². The highest BCUT2D eigenvalue weighted by Crippen LogP contribution is 2.27. The zero-order valence-corrected chi connectivity index (χ0v) is 15.7. The molecule has 1 aromatic carbocycles. The lowest BCUT2D eigenvalue weighted by atomic mass is 10.00. The first kappa shape index (κ1) is 17.7. The number of piperidine rings is 1. The molecule has 4 heteroatoms. The second-order valence-corrected chi connectivity index (χ2v) is 7.19. The van der Waals surface area contributed by atoms with E-state index in [2.05, 4.69) is 76.9 Å². The standard InChI is InChI=1S/C21H30N4/c1-4-19-12-8-9-13-24(19)20-14-21(23-16-22-20)25(17(2)3)15-18-10-6-5-7-11-18/h5-7,10-11,14,16-17,19H,4,8-9,12-13,15H2,1-3H3. The third kappa shape index (κ3) is 4.30. The summed E-state index contributed by atoms with van der Waals surface area (Å²) in [7, 11) is 0. The van der Waals surface area contributed by atoms with Crippen LogP contribution < -0.4 is 9.80 Å². The van der Waals surface area contributed by atoms with Crippen molar-refractivity contribution < 1.29 is 0 Å². The minimum Gasteiger partial charge on any atom is -0.353 e. The molecule has 25 heavy (non-hydrogen) atoms. The van der Waals surface area contributed by atoms with Gasteiger partial charge in [0.25, 0.3) is 0 Å². The molecule has 1 aliphatic heterocycles. The van der Waals surface area contributed by atoms with Crippen molar-refractivity contribution in [1.29, 1.82) is 0 Å². The topological polar surface area (TPSA) is 32.3 Å². The van der Waals surface area contributed by atoms with Gasteiger partial charge in [-0.05, 0) is 45.1 Å². The lowest BCUT2D eigenvalue weighted by Crippen LogP contribution is -2.40. The van der Waals surface area contributed by atoms with Gasteiger partial charge in [-0.2, -0.15) is 0 Å². The first-order chi connectivity index (χ1) is 12.2. The molecule has 2 aromatic rings. The molecule has 1 saturated heterocycles. The fourth-order valence-corrected chi connectivity index (χ4v) is 3.69. The van der Waals surface area contributed by atoms with E-state index in [1.807, 2.05) is 0 Å². The molecular weight excluding hydrogens is 308 g/mol. The summed E-state index contributed by atoms with van der Waals surface area (Å²) < 4.78 is 0. The molecule has 2 heterocycles. The van der Waals surface area contributed by atoms with Crippen LogP contribution in [0.25, 0.3) is 0 Å². The highest BCUT2D eigenvalue weighted by molar-refractivity contribution is 5.51. The van der Waals surface area contributed by atoms with E-state index in [4.69, 9.17) is 0 Å². The number of anilines is 2.